The lowest BCUT2D eigenvalue weighted by Gasteiger charge is -2.26. The number of nitrogens with one attached hydrogen (secondary N) is 1. The van der Waals surface area contributed by atoms with E-state index < -0.39 is 11.6 Å². The Morgan fingerprint density at radius 2 is 1.88 bits per heavy atom. The zero-order valence-electron chi connectivity index (χ0n) is 25.0. The third kappa shape index (κ3) is 5.73. The van der Waals surface area contributed by atoms with Gasteiger partial charge in [0.2, 0.25) is 0 Å². The SMILES string of the molecule is COC1CC(C)CN(c2nc(OCC3(CN(C)C)CC3)nc3c(F)c(-c4cc(O)cc5ccccc45)c(F)cc23)CC1=N. The summed E-state index contributed by atoms with van der Waals surface area (Å²) in [7, 11) is 5.63. The monoisotopic (exact) mass is 589 g/mol. The molecule has 43 heavy (non-hydrogen) atoms. The fourth-order valence-corrected chi connectivity index (χ4v) is 6.36. The number of methoxy groups -OCH3 is 1. The van der Waals surface area contributed by atoms with Crippen LogP contribution in [0.25, 0.3) is 32.8 Å². The zero-order chi connectivity index (χ0) is 30.5. The molecular formula is C33H37F2N5O3. The van der Waals surface area contributed by atoms with E-state index in [2.05, 4.69) is 16.8 Å². The first-order chi connectivity index (χ1) is 20.6. The predicted octanol–water partition coefficient (Wildman–Crippen LogP) is 6.04. The molecule has 2 heterocycles. The average molecular weight is 590 g/mol. The first kappa shape index (κ1) is 29.2. The van der Waals surface area contributed by atoms with E-state index in [1.54, 1.807) is 37.4 Å². The molecular weight excluding hydrogens is 552 g/mol. The molecule has 1 aromatic heterocycles. The third-order valence-corrected chi connectivity index (χ3v) is 8.56. The maximum absolute atomic E-state index is 16.7. The number of phenols is 1. The minimum atomic E-state index is -0.860. The highest BCUT2D eigenvalue weighted by molar-refractivity contribution is 6.02. The van der Waals surface area contributed by atoms with Gasteiger partial charge in [0.15, 0.2) is 5.82 Å². The molecule has 0 radical (unpaired) electrons. The van der Waals surface area contributed by atoms with E-state index in [1.807, 2.05) is 19.0 Å². The molecule has 0 bridgehead atoms. The zero-order valence-corrected chi connectivity index (χ0v) is 25.0. The lowest BCUT2D eigenvalue weighted by atomic mass is 9.95. The summed E-state index contributed by atoms with van der Waals surface area (Å²) in [4.78, 5) is 13.2. The summed E-state index contributed by atoms with van der Waals surface area (Å²) in [5.74, 6) is -1.31. The van der Waals surface area contributed by atoms with Crippen molar-refractivity contribution >= 4 is 33.2 Å². The van der Waals surface area contributed by atoms with Gasteiger partial charge in [-0.1, -0.05) is 31.2 Å². The Balaban J connectivity index is 1.52. The summed E-state index contributed by atoms with van der Waals surface area (Å²) in [6, 6.07) is 11.3. The van der Waals surface area contributed by atoms with Gasteiger partial charge in [-0.15, -0.1) is 0 Å². The summed E-state index contributed by atoms with van der Waals surface area (Å²) >= 11 is 0. The quantitative estimate of drug-likeness (QED) is 0.259. The number of aromatic nitrogens is 2. The van der Waals surface area contributed by atoms with E-state index in [0.29, 0.717) is 41.9 Å². The lowest BCUT2D eigenvalue weighted by Crippen LogP contribution is -2.34. The van der Waals surface area contributed by atoms with Crippen LogP contribution in [-0.2, 0) is 4.74 Å². The summed E-state index contributed by atoms with van der Waals surface area (Å²) in [5.41, 5.74) is 0.227. The number of hydrogen-bond acceptors (Lipinski definition) is 8. The van der Waals surface area contributed by atoms with Crippen molar-refractivity contribution in [3.05, 3.63) is 54.1 Å². The number of ether oxygens (including phenoxy) is 2. The van der Waals surface area contributed by atoms with Crippen LogP contribution in [0.1, 0.15) is 26.2 Å². The molecule has 10 heteroatoms. The molecule has 3 aromatic carbocycles. The van der Waals surface area contributed by atoms with Gasteiger partial charge in [0.25, 0.3) is 0 Å². The number of hydrogen-bond donors (Lipinski definition) is 2. The molecule has 2 N–H and O–H groups in total. The predicted molar refractivity (Wildman–Crippen MR) is 164 cm³/mol. The average Bonchev–Trinajstić information content (AvgIpc) is 3.74. The van der Waals surface area contributed by atoms with Gasteiger partial charge in [-0.25, -0.2) is 8.78 Å². The van der Waals surface area contributed by atoms with E-state index in [4.69, 9.17) is 19.9 Å². The second kappa shape index (κ2) is 11.3. The first-order valence-electron chi connectivity index (χ1n) is 14.6. The molecule has 0 amide bonds. The molecule has 4 aromatic rings. The molecule has 1 aliphatic heterocycles. The molecule has 0 spiro atoms. The number of aromatic hydroxyl groups is 1. The molecule has 1 saturated heterocycles. The van der Waals surface area contributed by atoms with Crippen molar-refractivity contribution in [3.63, 3.8) is 0 Å². The second-order valence-corrected chi connectivity index (χ2v) is 12.5. The molecule has 2 aliphatic rings. The van der Waals surface area contributed by atoms with Crippen LogP contribution in [0.15, 0.2) is 42.5 Å². The van der Waals surface area contributed by atoms with Crippen molar-refractivity contribution in [1.29, 1.82) is 5.41 Å². The number of phenolic OH excluding ortho intramolecular Hbond substituents is 1. The van der Waals surface area contributed by atoms with Crippen molar-refractivity contribution in [1.82, 2.24) is 14.9 Å². The third-order valence-electron chi connectivity index (χ3n) is 8.56. The fourth-order valence-electron chi connectivity index (χ4n) is 6.36. The minimum absolute atomic E-state index is 0.0106. The molecule has 2 fully saturated rings. The summed E-state index contributed by atoms with van der Waals surface area (Å²) in [5, 5.41) is 20.5. The van der Waals surface area contributed by atoms with E-state index in [1.165, 1.54) is 12.1 Å². The number of anilines is 1. The highest BCUT2D eigenvalue weighted by atomic mass is 19.1. The van der Waals surface area contributed by atoms with E-state index >= 15 is 8.78 Å². The van der Waals surface area contributed by atoms with E-state index in [0.717, 1.165) is 19.4 Å². The summed E-state index contributed by atoms with van der Waals surface area (Å²) in [6.45, 7) is 3.99. The standard InChI is InChI=1S/C33H37F2N5O3/c1-19-11-27(42-4)26(36)16-40(15-19)31-24-14-25(34)28(23-13-21(41)12-20-7-5-6-8-22(20)23)29(35)30(24)37-32(38-31)43-18-33(9-10-33)17-39(2)3/h5-8,12-14,19,27,36,41H,9-11,15-18H2,1-4H3. The number of halogens is 2. The largest absolute Gasteiger partial charge is 0.508 e. The first-order valence-corrected chi connectivity index (χ1v) is 14.6. The number of rotatable bonds is 8. The molecule has 1 saturated carbocycles. The van der Waals surface area contributed by atoms with Crippen LogP contribution >= 0.6 is 0 Å². The molecule has 1 aliphatic carbocycles. The fraction of sp³-hybridized carbons (Fsp3) is 0.424. The topological polar surface area (TPSA) is 94.8 Å². The van der Waals surface area contributed by atoms with Crippen molar-refractivity contribution < 1.29 is 23.4 Å². The van der Waals surface area contributed by atoms with Crippen molar-refractivity contribution in [3.8, 4) is 22.9 Å². The Labute approximate surface area is 249 Å². The Hall–Kier alpha value is -3.89. The van der Waals surface area contributed by atoms with Gasteiger partial charge in [0, 0.05) is 31.0 Å². The normalized spacial score (nSPS) is 20.2. The van der Waals surface area contributed by atoms with Crippen LogP contribution in [0.4, 0.5) is 14.6 Å². The number of fused-ring (bicyclic) bond motifs is 2. The van der Waals surface area contributed by atoms with E-state index in [9.17, 15) is 5.11 Å². The lowest BCUT2D eigenvalue weighted by molar-refractivity contribution is 0.137. The van der Waals surface area contributed by atoms with Crippen molar-refractivity contribution in [2.75, 3.05) is 52.3 Å². The van der Waals surface area contributed by atoms with Crippen molar-refractivity contribution in [2.24, 2.45) is 11.3 Å². The van der Waals surface area contributed by atoms with Gasteiger partial charge in [0.05, 0.1) is 30.5 Å². The van der Waals surface area contributed by atoms with Gasteiger partial charge >= 0.3 is 6.01 Å². The van der Waals surface area contributed by atoms with Gasteiger partial charge in [-0.2, -0.15) is 9.97 Å². The van der Waals surface area contributed by atoms with Crippen LogP contribution < -0.4 is 9.64 Å². The van der Waals surface area contributed by atoms with E-state index in [-0.39, 0.29) is 57.8 Å². The Morgan fingerprint density at radius 1 is 1.12 bits per heavy atom. The highest BCUT2D eigenvalue weighted by Crippen LogP contribution is 2.46. The second-order valence-electron chi connectivity index (χ2n) is 12.5. The maximum Gasteiger partial charge on any atom is 0.319 e. The van der Waals surface area contributed by atoms with Crippen LogP contribution in [-0.4, -0.2) is 79.2 Å². The minimum Gasteiger partial charge on any atom is -0.508 e. The van der Waals surface area contributed by atoms with Gasteiger partial charge in [-0.05, 0) is 73.8 Å². The Bertz CT molecular complexity index is 1710. The summed E-state index contributed by atoms with van der Waals surface area (Å²) in [6.07, 6.45) is 2.34. The smallest absolute Gasteiger partial charge is 0.319 e. The highest BCUT2D eigenvalue weighted by Gasteiger charge is 2.44. The van der Waals surface area contributed by atoms with Crippen LogP contribution in [0.2, 0.25) is 0 Å². The van der Waals surface area contributed by atoms with Crippen LogP contribution in [0.3, 0.4) is 0 Å². The Kier molecular flexibility index (Phi) is 7.68. The molecule has 226 valence electrons. The number of nitrogens with zero attached hydrogens (tertiary/aromatic N) is 4. The molecule has 6 rings (SSSR count). The summed E-state index contributed by atoms with van der Waals surface area (Å²) < 4.78 is 44.4. The Morgan fingerprint density at radius 3 is 2.60 bits per heavy atom. The van der Waals surface area contributed by atoms with Gasteiger partial charge < -0.3 is 29.8 Å². The van der Waals surface area contributed by atoms with Crippen LogP contribution in [0.5, 0.6) is 11.8 Å². The number of benzene rings is 3. The van der Waals surface area contributed by atoms with Crippen LogP contribution in [0, 0.1) is 28.4 Å². The molecule has 8 nitrogen and oxygen atoms in total. The molecule has 2 atom stereocenters. The molecule has 2 unspecified atom stereocenters. The van der Waals surface area contributed by atoms with Crippen molar-refractivity contribution in [2.45, 2.75) is 32.3 Å². The maximum atomic E-state index is 16.7. The van der Waals surface area contributed by atoms with Gasteiger partial charge in [0.1, 0.15) is 22.9 Å². The van der Waals surface area contributed by atoms with Gasteiger partial charge in [-0.3, -0.25) is 0 Å².